The van der Waals surface area contributed by atoms with Crippen LogP contribution in [0.1, 0.15) is 0 Å². The standard InChI is InChI=1S/C3Br2F4O/c4-2(5,6)1(10)3(7,8)9. The van der Waals surface area contributed by atoms with Gasteiger partial charge in [0.25, 0.3) is 9.27 Å². The second-order valence-electron chi connectivity index (χ2n) is 1.32. The molecule has 0 N–H and O–H groups in total. The number of halogens is 6. The molecular formula is C3Br2F4O. The largest absolute Gasteiger partial charge is 0.455 e. The Morgan fingerprint density at radius 2 is 1.40 bits per heavy atom. The molecule has 0 aliphatic rings. The molecule has 0 atom stereocenters. The molecule has 0 saturated carbocycles. The number of carbonyl (C=O) groups is 1. The fourth-order valence-corrected chi connectivity index (χ4v) is 0.610. The normalized spacial score (nSPS) is 13.4. The SMILES string of the molecule is O=C(C(F)(F)F)C(F)(Br)Br. The molecule has 0 radical (unpaired) electrons. The third kappa shape index (κ3) is 2.96. The maximum atomic E-state index is 12.0. The first-order valence-corrected chi connectivity index (χ1v) is 3.42. The van der Waals surface area contributed by atoms with Gasteiger partial charge in [0.15, 0.2) is 0 Å². The Morgan fingerprint density at radius 1 is 1.10 bits per heavy atom. The molecule has 0 aromatic heterocycles. The minimum Gasteiger partial charge on any atom is -0.284 e. The lowest BCUT2D eigenvalue weighted by atomic mass is 10.4. The quantitative estimate of drug-likeness (QED) is 0.535. The van der Waals surface area contributed by atoms with Crippen LogP contribution >= 0.6 is 31.9 Å². The molecule has 0 aliphatic heterocycles. The van der Waals surface area contributed by atoms with Crippen LogP contribution in [0.5, 0.6) is 0 Å². The number of Topliss-reactive ketones (excluding diaryl/α,β-unsaturated/α-hetero) is 1. The summed E-state index contributed by atoms with van der Waals surface area (Å²) in [4.78, 5) is 9.89. The number of ketones is 1. The number of hydrogen-bond donors (Lipinski definition) is 0. The molecule has 0 amide bonds. The number of hydrogen-bond acceptors (Lipinski definition) is 1. The van der Waals surface area contributed by atoms with E-state index in [1.165, 1.54) is 0 Å². The molecular weight excluding hydrogens is 288 g/mol. The lowest BCUT2D eigenvalue weighted by molar-refractivity contribution is -0.173. The minimum absolute atomic E-state index is 1.86. The van der Waals surface area contributed by atoms with Crippen LogP contribution in [0.3, 0.4) is 0 Å². The van der Waals surface area contributed by atoms with Gasteiger partial charge >= 0.3 is 6.18 Å². The Bertz CT molecular complexity index is 130. The van der Waals surface area contributed by atoms with Crippen molar-refractivity contribution in [2.75, 3.05) is 0 Å². The summed E-state index contributed by atoms with van der Waals surface area (Å²) in [5, 5.41) is 0. The van der Waals surface area contributed by atoms with E-state index >= 15 is 0 Å². The highest BCUT2D eigenvalue weighted by atomic mass is 79.9. The van der Waals surface area contributed by atoms with E-state index in [0.717, 1.165) is 0 Å². The predicted octanol–water partition coefficient (Wildman–Crippen LogP) is 2.53. The Morgan fingerprint density at radius 3 is 1.40 bits per heavy atom. The van der Waals surface area contributed by atoms with Gasteiger partial charge in [-0.2, -0.15) is 13.2 Å². The van der Waals surface area contributed by atoms with E-state index in [4.69, 9.17) is 0 Å². The van der Waals surface area contributed by atoms with E-state index in [1.54, 1.807) is 0 Å². The summed E-state index contributed by atoms with van der Waals surface area (Å²) < 4.78 is 42.7. The van der Waals surface area contributed by atoms with Crippen LogP contribution in [0.25, 0.3) is 0 Å². The Balaban J connectivity index is 4.40. The van der Waals surface area contributed by atoms with Gasteiger partial charge in [0.05, 0.1) is 0 Å². The first-order chi connectivity index (χ1) is 4.15. The van der Waals surface area contributed by atoms with Crippen LogP contribution in [0.2, 0.25) is 0 Å². The van der Waals surface area contributed by atoms with E-state index in [9.17, 15) is 22.4 Å². The monoisotopic (exact) mass is 286 g/mol. The van der Waals surface area contributed by atoms with Crippen LogP contribution in [0.15, 0.2) is 0 Å². The molecule has 0 fully saturated rings. The Labute approximate surface area is 70.0 Å². The summed E-state index contributed by atoms with van der Waals surface area (Å²) in [6.45, 7) is 0. The zero-order valence-electron chi connectivity index (χ0n) is 4.18. The maximum absolute atomic E-state index is 12.0. The van der Waals surface area contributed by atoms with Gasteiger partial charge in [0.1, 0.15) is 0 Å². The van der Waals surface area contributed by atoms with E-state index in [2.05, 4.69) is 0 Å². The predicted molar refractivity (Wildman–Crippen MR) is 32.8 cm³/mol. The Kier molecular flexibility index (Phi) is 2.86. The molecule has 60 valence electrons. The van der Waals surface area contributed by atoms with Crippen molar-refractivity contribution < 1.29 is 22.4 Å². The fourth-order valence-electron chi connectivity index (χ4n) is 0.161. The summed E-state index contributed by atoms with van der Waals surface area (Å²) in [5.74, 6) is -2.51. The summed E-state index contributed by atoms with van der Waals surface area (Å²) in [7, 11) is 0. The summed E-state index contributed by atoms with van der Waals surface area (Å²) in [5.41, 5.74) is 0. The van der Waals surface area contributed by atoms with Crippen molar-refractivity contribution in [2.24, 2.45) is 0 Å². The van der Waals surface area contributed by atoms with Gasteiger partial charge in [-0.05, 0) is 31.9 Å². The van der Waals surface area contributed by atoms with E-state index in [1.807, 2.05) is 31.9 Å². The lowest BCUT2D eigenvalue weighted by Crippen LogP contribution is -2.34. The third-order valence-electron chi connectivity index (χ3n) is 0.515. The zero-order chi connectivity index (χ0) is 8.58. The minimum atomic E-state index is -5.16. The number of carbonyl (C=O) groups excluding carboxylic acids is 1. The molecule has 1 nitrogen and oxygen atoms in total. The van der Waals surface area contributed by atoms with Gasteiger partial charge < -0.3 is 0 Å². The molecule has 0 aliphatic carbocycles. The van der Waals surface area contributed by atoms with Gasteiger partial charge in [0, 0.05) is 0 Å². The van der Waals surface area contributed by atoms with Crippen molar-refractivity contribution in [2.45, 2.75) is 9.66 Å². The highest BCUT2D eigenvalue weighted by molar-refractivity contribution is 9.25. The van der Waals surface area contributed by atoms with Gasteiger partial charge in [-0.15, -0.1) is 0 Å². The molecule has 0 heterocycles. The number of alkyl halides is 6. The highest BCUT2D eigenvalue weighted by Gasteiger charge is 2.51. The first-order valence-electron chi connectivity index (χ1n) is 1.84. The summed E-state index contributed by atoms with van der Waals surface area (Å²) in [6.07, 6.45) is -5.16. The lowest BCUT2D eigenvalue weighted by Gasteiger charge is -2.10. The molecule has 0 saturated heterocycles. The van der Waals surface area contributed by atoms with E-state index < -0.39 is 15.4 Å². The Hall–Kier alpha value is 0.350. The average Bonchev–Trinajstić information content (AvgIpc) is 1.59. The van der Waals surface area contributed by atoms with Gasteiger partial charge in [0.2, 0.25) is 0 Å². The summed E-state index contributed by atoms with van der Waals surface area (Å²) in [6, 6.07) is 0. The molecule has 0 spiro atoms. The first kappa shape index (κ1) is 10.3. The molecule has 0 rings (SSSR count). The van der Waals surface area contributed by atoms with Crippen molar-refractivity contribution in [3.63, 3.8) is 0 Å². The molecule has 10 heavy (non-hydrogen) atoms. The van der Waals surface area contributed by atoms with Crippen LogP contribution in [0.4, 0.5) is 17.6 Å². The van der Waals surface area contributed by atoms with E-state index in [0.29, 0.717) is 0 Å². The second-order valence-corrected chi connectivity index (χ2v) is 4.57. The van der Waals surface area contributed by atoms with Gasteiger partial charge in [-0.3, -0.25) is 4.79 Å². The van der Waals surface area contributed by atoms with E-state index in [-0.39, 0.29) is 0 Å². The van der Waals surface area contributed by atoms with Crippen molar-refractivity contribution >= 4 is 37.6 Å². The summed E-state index contributed by atoms with van der Waals surface area (Å²) >= 11 is 3.72. The molecule has 0 bridgehead atoms. The highest BCUT2D eigenvalue weighted by Crippen LogP contribution is 2.35. The third-order valence-corrected chi connectivity index (χ3v) is 1.24. The molecule has 0 unspecified atom stereocenters. The van der Waals surface area contributed by atoms with Crippen LogP contribution in [0, 0.1) is 0 Å². The van der Waals surface area contributed by atoms with Crippen LogP contribution < -0.4 is 0 Å². The molecule has 7 heteroatoms. The molecule has 0 aromatic carbocycles. The van der Waals surface area contributed by atoms with Gasteiger partial charge in [-0.25, -0.2) is 4.39 Å². The smallest absolute Gasteiger partial charge is 0.284 e. The fraction of sp³-hybridized carbons (Fsp3) is 0.667. The van der Waals surface area contributed by atoms with Crippen molar-refractivity contribution in [3.05, 3.63) is 0 Å². The second kappa shape index (κ2) is 2.77. The molecule has 0 aromatic rings. The van der Waals surface area contributed by atoms with Crippen molar-refractivity contribution in [1.82, 2.24) is 0 Å². The van der Waals surface area contributed by atoms with Crippen molar-refractivity contribution in [1.29, 1.82) is 0 Å². The zero-order valence-corrected chi connectivity index (χ0v) is 7.35. The van der Waals surface area contributed by atoms with Crippen LogP contribution in [-0.4, -0.2) is 15.4 Å². The topological polar surface area (TPSA) is 17.1 Å². The van der Waals surface area contributed by atoms with Gasteiger partial charge in [-0.1, -0.05) is 0 Å². The number of rotatable bonds is 1. The van der Waals surface area contributed by atoms with Crippen LogP contribution in [-0.2, 0) is 4.79 Å². The van der Waals surface area contributed by atoms with Crippen molar-refractivity contribution in [3.8, 4) is 0 Å². The average molecular weight is 288 g/mol. The maximum Gasteiger partial charge on any atom is 0.455 e.